The van der Waals surface area contributed by atoms with E-state index in [1.165, 1.54) is 12.1 Å². The van der Waals surface area contributed by atoms with Gasteiger partial charge in [-0.1, -0.05) is 71.8 Å². The van der Waals surface area contributed by atoms with Gasteiger partial charge in [-0.25, -0.2) is 18.0 Å². The molecule has 0 saturated carbocycles. The van der Waals surface area contributed by atoms with Gasteiger partial charge >= 0.3 is 11.9 Å². The van der Waals surface area contributed by atoms with Gasteiger partial charge in [0.2, 0.25) is 10.0 Å². The summed E-state index contributed by atoms with van der Waals surface area (Å²) in [6.45, 7) is 6.93. The van der Waals surface area contributed by atoms with Crippen LogP contribution in [0.3, 0.4) is 0 Å². The van der Waals surface area contributed by atoms with Gasteiger partial charge in [0, 0.05) is 6.42 Å². The Kier molecular flexibility index (Phi) is 7.33. The van der Waals surface area contributed by atoms with Crippen LogP contribution in [0.25, 0.3) is 0 Å². The Morgan fingerprint density at radius 3 is 2.00 bits per heavy atom. The van der Waals surface area contributed by atoms with Gasteiger partial charge in [0.1, 0.15) is 5.60 Å². The van der Waals surface area contributed by atoms with Crippen molar-refractivity contribution in [1.82, 2.24) is 4.31 Å². The summed E-state index contributed by atoms with van der Waals surface area (Å²) in [7, 11) is -4.51. The molecule has 2 aliphatic rings. The lowest BCUT2D eigenvalue weighted by Crippen LogP contribution is -2.68. The second-order valence-electron chi connectivity index (χ2n) is 10.2. The molecule has 0 amide bonds. The fourth-order valence-corrected chi connectivity index (χ4v) is 7.87. The lowest BCUT2D eigenvalue weighted by molar-refractivity contribution is -0.190. The van der Waals surface area contributed by atoms with Crippen LogP contribution >= 0.6 is 0 Å². The van der Waals surface area contributed by atoms with Gasteiger partial charge in [0.05, 0.1) is 30.8 Å². The van der Waals surface area contributed by atoms with E-state index in [0.29, 0.717) is 11.1 Å². The van der Waals surface area contributed by atoms with E-state index in [0.717, 1.165) is 21.0 Å². The van der Waals surface area contributed by atoms with Crippen molar-refractivity contribution >= 4 is 22.0 Å². The normalized spacial score (nSPS) is 21.8. The molecule has 0 unspecified atom stereocenters. The second kappa shape index (κ2) is 10.5. The minimum atomic E-state index is -4.51. The Morgan fingerprint density at radius 1 is 0.875 bits per heavy atom. The highest BCUT2D eigenvalue weighted by molar-refractivity contribution is 7.89. The van der Waals surface area contributed by atoms with E-state index in [2.05, 4.69) is 0 Å². The topological polar surface area (TPSA) is 99.2 Å². The smallest absolute Gasteiger partial charge is 0.342 e. The molecule has 8 nitrogen and oxygen atoms in total. The summed E-state index contributed by atoms with van der Waals surface area (Å²) in [5.41, 5.74) is -0.409. The van der Waals surface area contributed by atoms with Crippen LogP contribution in [0.1, 0.15) is 54.1 Å². The van der Waals surface area contributed by atoms with Crippen LogP contribution < -0.4 is 0 Å². The molecule has 2 atom stereocenters. The second-order valence-corrected chi connectivity index (χ2v) is 12.0. The fraction of sp³-hybridized carbons (Fsp3) is 0.355. The molecule has 1 spiro atoms. The predicted molar refractivity (Wildman–Crippen MR) is 148 cm³/mol. The number of hydrogen-bond acceptors (Lipinski definition) is 7. The van der Waals surface area contributed by atoms with Gasteiger partial charge in [-0.2, -0.15) is 4.31 Å². The number of rotatable bonds is 7. The zero-order chi connectivity index (χ0) is 28.7. The summed E-state index contributed by atoms with van der Waals surface area (Å²) >= 11 is 0. The zero-order valence-corrected chi connectivity index (χ0v) is 23.9. The van der Waals surface area contributed by atoms with Gasteiger partial charge in [-0.15, -0.1) is 0 Å². The SMILES string of the molecule is CCOC(=O)C1(C(=O)OCC)N(S(=O)(=O)c2ccc(C)cc2)[C@@H](c2ccc(C)cc2)C[C@@]12OCc1ccccc12. The summed E-state index contributed by atoms with van der Waals surface area (Å²) in [5.74, 6) is -2.06. The van der Waals surface area contributed by atoms with E-state index in [4.69, 9.17) is 14.2 Å². The highest BCUT2D eigenvalue weighted by atomic mass is 32.2. The van der Waals surface area contributed by atoms with Gasteiger partial charge in [0.15, 0.2) is 0 Å². The molecule has 0 aliphatic carbocycles. The summed E-state index contributed by atoms with van der Waals surface area (Å²) < 4.78 is 48.1. The Labute approximate surface area is 234 Å². The average Bonchev–Trinajstić information content (AvgIpc) is 3.47. The lowest BCUT2D eigenvalue weighted by Gasteiger charge is -2.42. The monoisotopic (exact) mass is 563 g/mol. The number of benzene rings is 3. The van der Waals surface area contributed by atoms with Crippen molar-refractivity contribution in [3.8, 4) is 0 Å². The Bertz CT molecular complexity index is 1510. The van der Waals surface area contributed by atoms with E-state index >= 15 is 0 Å². The summed E-state index contributed by atoms with van der Waals surface area (Å²) in [6, 6.07) is 20.0. The molecular formula is C31H33NO7S. The highest BCUT2D eigenvalue weighted by Gasteiger charge is 2.79. The third-order valence-electron chi connectivity index (χ3n) is 7.79. The molecule has 210 valence electrons. The third-order valence-corrected chi connectivity index (χ3v) is 9.70. The molecule has 0 aromatic heterocycles. The summed E-state index contributed by atoms with van der Waals surface area (Å²) in [4.78, 5) is 28.6. The van der Waals surface area contributed by atoms with Crippen LogP contribution in [0, 0.1) is 13.8 Å². The van der Waals surface area contributed by atoms with Gasteiger partial charge in [0.25, 0.3) is 5.54 Å². The molecular weight excluding hydrogens is 530 g/mol. The Morgan fingerprint density at radius 2 is 1.43 bits per heavy atom. The molecule has 0 bridgehead atoms. The largest absolute Gasteiger partial charge is 0.464 e. The number of nitrogens with zero attached hydrogens (tertiary/aromatic N) is 1. The maximum absolute atomic E-state index is 14.7. The van der Waals surface area contributed by atoms with Crippen molar-refractivity contribution in [3.63, 3.8) is 0 Å². The molecule has 2 heterocycles. The number of hydrogen-bond donors (Lipinski definition) is 0. The van der Waals surface area contributed by atoms with E-state index in [1.54, 1.807) is 38.1 Å². The average molecular weight is 564 g/mol. The van der Waals surface area contributed by atoms with Crippen LogP contribution in [0.15, 0.2) is 77.7 Å². The van der Waals surface area contributed by atoms with Crippen molar-refractivity contribution in [2.24, 2.45) is 0 Å². The van der Waals surface area contributed by atoms with E-state index in [-0.39, 0.29) is 31.1 Å². The first-order chi connectivity index (χ1) is 19.1. The van der Waals surface area contributed by atoms with Crippen LogP contribution in [-0.2, 0) is 46.0 Å². The number of ether oxygens (including phenoxy) is 3. The quantitative estimate of drug-likeness (QED) is 0.303. The summed E-state index contributed by atoms with van der Waals surface area (Å²) in [6.07, 6.45) is -0.00417. The molecule has 5 rings (SSSR count). The number of sulfonamides is 1. The minimum Gasteiger partial charge on any atom is -0.464 e. The highest BCUT2D eigenvalue weighted by Crippen LogP contribution is 2.62. The van der Waals surface area contributed by atoms with Crippen LogP contribution in [0.2, 0.25) is 0 Å². The predicted octanol–water partition coefficient (Wildman–Crippen LogP) is 4.73. The van der Waals surface area contributed by atoms with Gasteiger partial charge < -0.3 is 14.2 Å². The van der Waals surface area contributed by atoms with Crippen molar-refractivity contribution in [2.75, 3.05) is 13.2 Å². The van der Waals surface area contributed by atoms with Crippen molar-refractivity contribution in [3.05, 3.63) is 101 Å². The number of carbonyl (C=O) groups excluding carboxylic acids is 2. The van der Waals surface area contributed by atoms with Gasteiger partial charge in [-0.3, -0.25) is 0 Å². The molecule has 2 aliphatic heterocycles. The number of fused-ring (bicyclic) bond motifs is 2. The Balaban J connectivity index is 1.90. The zero-order valence-electron chi connectivity index (χ0n) is 23.0. The number of esters is 2. The molecule has 3 aromatic rings. The van der Waals surface area contributed by atoms with Gasteiger partial charge in [-0.05, 0) is 56.5 Å². The maximum Gasteiger partial charge on any atom is 0.342 e. The molecule has 1 fully saturated rings. The maximum atomic E-state index is 14.7. The molecule has 0 N–H and O–H groups in total. The number of aryl methyl sites for hydroxylation is 2. The van der Waals surface area contributed by atoms with Crippen molar-refractivity contribution in [2.45, 2.75) is 62.8 Å². The molecule has 3 aromatic carbocycles. The molecule has 9 heteroatoms. The first-order valence-corrected chi connectivity index (χ1v) is 14.8. The van der Waals surface area contributed by atoms with Crippen LogP contribution in [0.5, 0.6) is 0 Å². The first-order valence-electron chi connectivity index (χ1n) is 13.4. The Hall–Kier alpha value is -3.53. The van der Waals surface area contributed by atoms with E-state index < -0.39 is 39.1 Å². The standard InChI is InChI=1S/C31H33NO7S/c1-5-37-28(33)31(29(34)38-6-2)30(26-10-8-7-9-24(26)20-39-30)19-27(23-15-11-21(3)12-16-23)32(31)40(35,36)25-17-13-22(4)14-18-25/h7-18,27H,5-6,19-20H2,1-4H3/t27-,30+/m1/s1. The minimum absolute atomic E-state index is 0.00417. The van der Waals surface area contributed by atoms with Crippen LogP contribution in [-0.4, -0.2) is 43.4 Å². The van der Waals surface area contributed by atoms with Crippen molar-refractivity contribution in [1.29, 1.82) is 0 Å². The molecule has 0 radical (unpaired) electrons. The molecule has 40 heavy (non-hydrogen) atoms. The molecule has 1 saturated heterocycles. The van der Waals surface area contributed by atoms with E-state index in [1.807, 2.05) is 50.2 Å². The first kappa shape index (κ1) is 28.0. The summed E-state index contributed by atoms with van der Waals surface area (Å²) in [5, 5.41) is 0. The van der Waals surface area contributed by atoms with E-state index in [9.17, 15) is 18.0 Å². The number of carbonyl (C=O) groups is 2. The van der Waals surface area contributed by atoms with Crippen LogP contribution in [0.4, 0.5) is 0 Å². The lowest BCUT2D eigenvalue weighted by atomic mass is 9.74. The van der Waals surface area contributed by atoms with Crippen molar-refractivity contribution < 1.29 is 32.2 Å². The third kappa shape index (κ3) is 4.06. The fourth-order valence-electron chi connectivity index (χ4n) is 5.98.